The monoisotopic (exact) mass is 239 g/mol. The average molecular weight is 239 g/mol. The van der Waals surface area contributed by atoms with Gasteiger partial charge in [0.2, 0.25) is 0 Å². The Kier molecular flexibility index (Phi) is 4.36. The summed E-state index contributed by atoms with van der Waals surface area (Å²) in [5.41, 5.74) is 0. The lowest BCUT2D eigenvalue weighted by Gasteiger charge is -2.35. The van der Waals surface area contributed by atoms with Gasteiger partial charge in [0.25, 0.3) is 5.91 Å². The minimum absolute atomic E-state index is 0.187. The van der Waals surface area contributed by atoms with Crippen LogP contribution in [0.1, 0.15) is 25.7 Å². The SMILES string of the molecule is O=C(/C=N/O)N1CCN(CC2CCCC2)CC1. The summed E-state index contributed by atoms with van der Waals surface area (Å²) in [5, 5.41) is 11.1. The molecule has 0 radical (unpaired) electrons. The highest BCUT2D eigenvalue weighted by atomic mass is 16.4. The molecule has 1 heterocycles. The Morgan fingerprint density at radius 1 is 1.24 bits per heavy atom. The van der Waals surface area contributed by atoms with Crippen molar-refractivity contribution < 1.29 is 10.0 Å². The van der Waals surface area contributed by atoms with Gasteiger partial charge in [-0.25, -0.2) is 0 Å². The van der Waals surface area contributed by atoms with Gasteiger partial charge in [-0.1, -0.05) is 18.0 Å². The van der Waals surface area contributed by atoms with Crippen LogP contribution in [0, 0.1) is 5.92 Å². The molecule has 1 aliphatic carbocycles. The van der Waals surface area contributed by atoms with Crippen molar-refractivity contribution in [1.82, 2.24) is 9.80 Å². The summed E-state index contributed by atoms with van der Waals surface area (Å²) in [6.07, 6.45) is 6.49. The molecule has 2 rings (SSSR count). The van der Waals surface area contributed by atoms with Crippen molar-refractivity contribution >= 4 is 12.1 Å². The van der Waals surface area contributed by atoms with E-state index in [2.05, 4.69) is 10.1 Å². The minimum atomic E-state index is -0.187. The summed E-state index contributed by atoms with van der Waals surface area (Å²) in [6, 6.07) is 0. The van der Waals surface area contributed by atoms with Crippen molar-refractivity contribution in [2.45, 2.75) is 25.7 Å². The zero-order chi connectivity index (χ0) is 12.1. The maximum atomic E-state index is 11.4. The molecule has 1 saturated heterocycles. The van der Waals surface area contributed by atoms with E-state index in [0.29, 0.717) is 0 Å². The van der Waals surface area contributed by atoms with Crippen LogP contribution < -0.4 is 0 Å². The van der Waals surface area contributed by atoms with Crippen molar-refractivity contribution in [3.05, 3.63) is 0 Å². The van der Waals surface area contributed by atoms with Crippen molar-refractivity contribution in [2.75, 3.05) is 32.7 Å². The fourth-order valence-corrected chi connectivity index (χ4v) is 2.84. The Hall–Kier alpha value is -1.10. The van der Waals surface area contributed by atoms with Gasteiger partial charge in [-0.15, -0.1) is 0 Å². The minimum Gasteiger partial charge on any atom is -0.411 e. The van der Waals surface area contributed by atoms with E-state index >= 15 is 0 Å². The number of oxime groups is 1. The number of hydrogen-bond acceptors (Lipinski definition) is 4. The third kappa shape index (κ3) is 3.43. The maximum absolute atomic E-state index is 11.4. The predicted molar refractivity (Wildman–Crippen MR) is 65.3 cm³/mol. The van der Waals surface area contributed by atoms with Gasteiger partial charge in [0, 0.05) is 32.7 Å². The molecule has 2 fully saturated rings. The fourth-order valence-electron chi connectivity index (χ4n) is 2.84. The number of nitrogens with zero attached hydrogens (tertiary/aromatic N) is 3. The molecule has 1 N–H and O–H groups in total. The van der Waals surface area contributed by atoms with Gasteiger partial charge in [0.1, 0.15) is 6.21 Å². The van der Waals surface area contributed by atoms with E-state index in [4.69, 9.17) is 5.21 Å². The van der Waals surface area contributed by atoms with E-state index < -0.39 is 0 Å². The number of carbonyl (C=O) groups excluding carboxylic acids is 1. The van der Waals surface area contributed by atoms with Crippen LogP contribution in [-0.2, 0) is 4.79 Å². The number of piperazine rings is 1. The highest BCUT2D eigenvalue weighted by Crippen LogP contribution is 2.25. The molecule has 0 spiro atoms. The molecule has 0 aromatic rings. The Bertz CT molecular complexity index is 279. The van der Waals surface area contributed by atoms with Crippen LogP contribution in [0.2, 0.25) is 0 Å². The molecule has 0 aromatic heterocycles. The van der Waals surface area contributed by atoms with E-state index in [0.717, 1.165) is 38.3 Å². The largest absolute Gasteiger partial charge is 0.411 e. The molecule has 2 aliphatic rings. The number of rotatable bonds is 3. The number of amides is 1. The lowest BCUT2D eigenvalue weighted by atomic mass is 10.1. The van der Waals surface area contributed by atoms with E-state index in [1.807, 2.05) is 0 Å². The molecular formula is C12H21N3O2. The second-order valence-electron chi connectivity index (χ2n) is 5.02. The van der Waals surface area contributed by atoms with Crippen LogP contribution in [0.3, 0.4) is 0 Å². The molecular weight excluding hydrogens is 218 g/mol. The van der Waals surface area contributed by atoms with Crippen LogP contribution in [0.5, 0.6) is 0 Å². The third-order valence-electron chi connectivity index (χ3n) is 3.84. The molecule has 0 bridgehead atoms. The van der Waals surface area contributed by atoms with Gasteiger partial charge in [0.05, 0.1) is 0 Å². The quantitative estimate of drug-likeness (QED) is 0.450. The van der Waals surface area contributed by atoms with Crippen molar-refractivity contribution in [1.29, 1.82) is 0 Å². The first-order valence-corrected chi connectivity index (χ1v) is 6.48. The molecule has 1 saturated carbocycles. The Morgan fingerprint density at radius 3 is 2.47 bits per heavy atom. The number of carbonyl (C=O) groups is 1. The van der Waals surface area contributed by atoms with Gasteiger partial charge in [-0.05, 0) is 18.8 Å². The first-order valence-electron chi connectivity index (χ1n) is 6.48. The van der Waals surface area contributed by atoms with Gasteiger partial charge >= 0.3 is 0 Å². The first-order chi connectivity index (χ1) is 8.29. The topological polar surface area (TPSA) is 56.1 Å². The summed E-state index contributed by atoms with van der Waals surface area (Å²) in [6.45, 7) is 4.58. The molecule has 1 aliphatic heterocycles. The second kappa shape index (κ2) is 6.00. The Labute approximate surface area is 102 Å². The highest BCUT2D eigenvalue weighted by molar-refractivity contribution is 6.25. The van der Waals surface area contributed by atoms with Crippen molar-refractivity contribution in [3.63, 3.8) is 0 Å². The molecule has 5 heteroatoms. The summed E-state index contributed by atoms with van der Waals surface area (Å²) in [4.78, 5) is 15.6. The smallest absolute Gasteiger partial charge is 0.268 e. The van der Waals surface area contributed by atoms with E-state index in [1.54, 1.807) is 4.90 Å². The van der Waals surface area contributed by atoms with Crippen molar-refractivity contribution in [2.24, 2.45) is 11.1 Å². The summed E-state index contributed by atoms with van der Waals surface area (Å²) >= 11 is 0. The first kappa shape index (κ1) is 12.4. The fraction of sp³-hybridized carbons (Fsp3) is 0.833. The molecule has 0 aromatic carbocycles. The molecule has 1 amide bonds. The van der Waals surface area contributed by atoms with Crippen LogP contribution in [0.4, 0.5) is 0 Å². The normalized spacial score (nSPS) is 23.6. The van der Waals surface area contributed by atoms with Crippen LogP contribution in [0.25, 0.3) is 0 Å². The van der Waals surface area contributed by atoms with E-state index in [9.17, 15) is 4.79 Å². The van der Waals surface area contributed by atoms with Crippen LogP contribution in [0.15, 0.2) is 5.16 Å². The van der Waals surface area contributed by atoms with Crippen LogP contribution >= 0.6 is 0 Å². The molecule has 96 valence electrons. The van der Waals surface area contributed by atoms with Crippen LogP contribution in [-0.4, -0.2) is 59.9 Å². The lowest BCUT2D eigenvalue weighted by Crippen LogP contribution is -2.49. The zero-order valence-electron chi connectivity index (χ0n) is 10.2. The maximum Gasteiger partial charge on any atom is 0.268 e. The summed E-state index contributed by atoms with van der Waals surface area (Å²) < 4.78 is 0. The van der Waals surface area contributed by atoms with Gasteiger partial charge in [-0.3, -0.25) is 9.69 Å². The zero-order valence-corrected chi connectivity index (χ0v) is 10.2. The molecule has 0 unspecified atom stereocenters. The lowest BCUT2D eigenvalue weighted by molar-refractivity contribution is -0.125. The second-order valence-corrected chi connectivity index (χ2v) is 5.02. The van der Waals surface area contributed by atoms with Gasteiger partial charge in [0.15, 0.2) is 0 Å². The standard InChI is InChI=1S/C12H21N3O2/c16-12(9-13-17)15-7-5-14(6-8-15)10-11-3-1-2-4-11/h9,11,17H,1-8,10H2/b13-9+. The Morgan fingerprint density at radius 2 is 1.88 bits per heavy atom. The number of hydrogen-bond donors (Lipinski definition) is 1. The molecule has 5 nitrogen and oxygen atoms in total. The third-order valence-corrected chi connectivity index (χ3v) is 3.84. The van der Waals surface area contributed by atoms with E-state index in [1.165, 1.54) is 32.2 Å². The summed E-state index contributed by atoms with van der Waals surface area (Å²) in [7, 11) is 0. The summed E-state index contributed by atoms with van der Waals surface area (Å²) in [5.74, 6) is 0.685. The predicted octanol–water partition coefficient (Wildman–Crippen LogP) is 0.781. The van der Waals surface area contributed by atoms with E-state index in [-0.39, 0.29) is 5.91 Å². The Balaban J connectivity index is 1.71. The van der Waals surface area contributed by atoms with Crippen molar-refractivity contribution in [3.8, 4) is 0 Å². The van der Waals surface area contributed by atoms with Gasteiger partial charge < -0.3 is 10.1 Å². The van der Waals surface area contributed by atoms with Gasteiger partial charge in [-0.2, -0.15) is 0 Å². The molecule has 17 heavy (non-hydrogen) atoms. The average Bonchev–Trinajstić information content (AvgIpc) is 2.83. The highest BCUT2D eigenvalue weighted by Gasteiger charge is 2.23. The molecule has 0 atom stereocenters.